The molecular formula is C17H23BrN2S. The predicted octanol–water partition coefficient (Wildman–Crippen LogP) is 4.86. The molecule has 0 spiro atoms. The first-order valence-electron chi connectivity index (χ1n) is 7.34. The Bertz CT molecular complexity index is 548. The zero-order valence-corrected chi connectivity index (χ0v) is 15.3. The largest absolute Gasteiger partial charge is 0.378 e. The number of halogens is 1. The van der Waals surface area contributed by atoms with E-state index >= 15 is 0 Å². The van der Waals surface area contributed by atoms with E-state index in [2.05, 4.69) is 82.9 Å². The van der Waals surface area contributed by atoms with Gasteiger partial charge in [0.1, 0.15) is 0 Å². The molecule has 114 valence electrons. The number of hydrogen-bond acceptors (Lipinski definition) is 3. The van der Waals surface area contributed by atoms with E-state index in [-0.39, 0.29) is 0 Å². The molecule has 1 N–H and O–H groups in total. The van der Waals surface area contributed by atoms with Crippen LogP contribution in [0.2, 0.25) is 0 Å². The fraction of sp³-hybridized carbons (Fsp3) is 0.412. The molecule has 1 heterocycles. The van der Waals surface area contributed by atoms with Crippen LogP contribution in [0, 0.1) is 0 Å². The van der Waals surface area contributed by atoms with Crippen LogP contribution in [0.4, 0.5) is 5.69 Å². The Hall–Kier alpha value is -0.840. The van der Waals surface area contributed by atoms with Crippen molar-refractivity contribution in [2.75, 3.05) is 25.5 Å². The second-order valence-electron chi connectivity index (χ2n) is 5.39. The van der Waals surface area contributed by atoms with Gasteiger partial charge < -0.3 is 10.2 Å². The van der Waals surface area contributed by atoms with Gasteiger partial charge >= 0.3 is 0 Å². The van der Waals surface area contributed by atoms with Crippen molar-refractivity contribution in [1.82, 2.24) is 5.32 Å². The van der Waals surface area contributed by atoms with Gasteiger partial charge in [-0.2, -0.15) is 0 Å². The summed E-state index contributed by atoms with van der Waals surface area (Å²) in [6.45, 7) is 3.25. The molecule has 0 radical (unpaired) electrons. The molecule has 0 fully saturated rings. The van der Waals surface area contributed by atoms with Crippen LogP contribution in [0.5, 0.6) is 0 Å². The molecule has 2 nitrogen and oxygen atoms in total. The Morgan fingerprint density at radius 1 is 1.19 bits per heavy atom. The molecule has 1 unspecified atom stereocenters. The van der Waals surface area contributed by atoms with Gasteiger partial charge in [-0.25, -0.2) is 0 Å². The topological polar surface area (TPSA) is 15.3 Å². The molecule has 0 aliphatic carbocycles. The van der Waals surface area contributed by atoms with Crippen LogP contribution in [0.25, 0.3) is 0 Å². The maximum atomic E-state index is 3.67. The van der Waals surface area contributed by atoms with Crippen LogP contribution >= 0.6 is 27.3 Å². The summed E-state index contributed by atoms with van der Waals surface area (Å²) in [6.07, 6.45) is 2.18. The lowest BCUT2D eigenvalue weighted by Gasteiger charge is -2.20. The summed E-state index contributed by atoms with van der Waals surface area (Å²) >= 11 is 5.46. The molecule has 0 amide bonds. The first-order chi connectivity index (χ1) is 10.1. The third kappa shape index (κ3) is 4.56. The lowest BCUT2D eigenvalue weighted by molar-refractivity contribution is 0.532. The summed E-state index contributed by atoms with van der Waals surface area (Å²) < 4.78 is 1.22. The summed E-state index contributed by atoms with van der Waals surface area (Å²) in [5.41, 5.74) is 2.60. The SMILES string of the molecule is CCCNC(Cc1sccc1Br)c1ccc(N(C)C)cc1. The van der Waals surface area contributed by atoms with Crippen molar-refractivity contribution in [3.8, 4) is 0 Å². The third-order valence-corrected chi connectivity index (χ3v) is 5.48. The fourth-order valence-electron chi connectivity index (χ4n) is 2.29. The normalized spacial score (nSPS) is 12.4. The molecule has 1 atom stereocenters. The number of rotatable bonds is 7. The highest BCUT2D eigenvalue weighted by atomic mass is 79.9. The lowest BCUT2D eigenvalue weighted by Crippen LogP contribution is -2.24. The van der Waals surface area contributed by atoms with Crippen LogP contribution < -0.4 is 10.2 Å². The summed E-state index contributed by atoms with van der Waals surface area (Å²) in [5, 5.41) is 5.82. The van der Waals surface area contributed by atoms with E-state index in [0.717, 1.165) is 19.4 Å². The zero-order valence-electron chi connectivity index (χ0n) is 12.9. The Balaban J connectivity index is 2.16. The molecule has 1 aromatic heterocycles. The minimum Gasteiger partial charge on any atom is -0.378 e. The summed E-state index contributed by atoms with van der Waals surface area (Å²) in [4.78, 5) is 3.54. The van der Waals surface area contributed by atoms with Crippen LogP contribution in [-0.2, 0) is 6.42 Å². The van der Waals surface area contributed by atoms with Gasteiger partial charge in [0, 0.05) is 41.6 Å². The maximum Gasteiger partial charge on any atom is 0.0369 e. The minimum atomic E-state index is 0.371. The van der Waals surface area contributed by atoms with Crippen molar-refractivity contribution in [2.45, 2.75) is 25.8 Å². The van der Waals surface area contributed by atoms with Crippen LogP contribution in [-0.4, -0.2) is 20.6 Å². The van der Waals surface area contributed by atoms with E-state index in [9.17, 15) is 0 Å². The number of thiophene rings is 1. The molecule has 0 saturated heterocycles. The van der Waals surface area contributed by atoms with Crippen molar-refractivity contribution in [3.63, 3.8) is 0 Å². The van der Waals surface area contributed by atoms with Crippen molar-refractivity contribution in [3.05, 3.63) is 50.6 Å². The van der Waals surface area contributed by atoms with Gasteiger partial charge in [0.05, 0.1) is 0 Å². The number of hydrogen-bond donors (Lipinski definition) is 1. The highest BCUT2D eigenvalue weighted by Gasteiger charge is 2.14. The molecule has 0 aliphatic rings. The van der Waals surface area contributed by atoms with Gasteiger partial charge in [-0.3, -0.25) is 0 Å². The molecule has 4 heteroatoms. The molecular weight excluding hydrogens is 344 g/mol. The van der Waals surface area contributed by atoms with E-state index in [1.165, 1.54) is 20.6 Å². The predicted molar refractivity (Wildman–Crippen MR) is 97.5 cm³/mol. The van der Waals surface area contributed by atoms with Gasteiger partial charge in [0.15, 0.2) is 0 Å². The van der Waals surface area contributed by atoms with E-state index in [0.29, 0.717) is 6.04 Å². The first kappa shape index (κ1) is 16.5. The molecule has 21 heavy (non-hydrogen) atoms. The van der Waals surface area contributed by atoms with E-state index in [1.54, 1.807) is 0 Å². The van der Waals surface area contributed by atoms with E-state index in [4.69, 9.17) is 0 Å². The highest BCUT2D eigenvalue weighted by molar-refractivity contribution is 9.10. The van der Waals surface area contributed by atoms with Crippen LogP contribution in [0.3, 0.4) is 0 Å². The molecule has 1 aromatic carbocycles. The van der Waals surface area contributed by atoms with Crippen LogP contribution in [0.15, 0.2) is 40.2 Å². The van der Waals surface area contributed by atoms with Gasteiger partial charge in [-0.15, -0.1) is 11.3 Å². The lowest BCUT2D eigenvalue weighted by atomic mass is 10.0. The summed E-state index contributed by atoms with van der Waals surface area (Å²) in [6, 6.07) is 11.4. The summed E-state index contributed by atoms with van der Waals surface area (Å²) in [5.74, 6) is 0. The monoisotopic (exact) mass is 366 g/mol. The van der Waals surface area contributed by atoms with Crippen molar-refractivity contribution >= 4 is 33.0 Å². The number of benzene rings is 1. The Kier molecular flexibility index (Phi) is 6.27. The second-order valence-corrected chi connectivity index (χ2v) is 7.24. The minimum absolute atomic E-state index is 0.371. The molecule has 0 bridgehead atoms. The molecule has 0 saturated carbocycles. The second kappa shape index (κ2) is 7.97. The van der Waals surface area contributed by atoms with E-state index < -0.39 is 0 Å². The van der Waals surface area contributed by atoms with Gasteiger partial charge in [0.2, 0.25) is 0 Å². The van der Waals surface area contributed by atoms with E-state index in [1.807, 2.05) is 11.3 Å². The number of nitrogens with zero attached hydrogens (tertiary/aromatic N) is 1. The standard InChI is InChI=1S/C17H23BrN2S/c1-4-10-19-16(12-17-15(18)9-11-21-17)13-5-7-14(8-6-13)20(2)3/h5-9,11,16,19H,4,10,12H2,1-3H3. The van der Waals surface area contributed by atoms with Crippen LogP contribution in [0.1, 0.15) is 29.8 Å². The fourth-order valence-corrected chi connectivity index (χ4v) is 3.85. The molecule has 2 aromatic rings. The first-order valence-corrected chi connectivity index (χ1v) is 9.01. The smallest absolute Gasteiger partial charge is 0.0369 e. The Labute approximate surface area is 140 Å². The van der Waals surface area contributed by atoms with Crippen molar-refractivity contribution < 1.29 is 0 Å². The van der Waals surface area contributed by atoms with Gasteiger partial charge in [0.25, 0.3) is 0 Å². The maximum absolute atomic E-state index is 3.67. The number of anilines is 1. The average molecular weight is 367 g/mol. The van der Waals surface area contributed by atoms with Gasteiger partial charge in [-0.1, -0.05) is 19.1 Å². The molecule has 0 aliphatic heterocycles. The Morgan fingerprint density at radius 3 is 2.43 bits per heavy atom. The molecule has 2 rings (SSSR count). The highest BCUT2D eigenvalue weighted by Crippen LogP contribution is 2.29. The average Bonchev–Trinajstić information content (AvgIpc) is 2.88. The summed E-state index contributed by atoms with van der Waals surface area (Å²) in [7, 11) is 4.15. The third-order valence-electron chi connectivity index (χ3n) is 3.53. The number of nitrogens with one attached hydrogen (secondary N) is 1. The van der Waals surface area contributed by atoms with Crippen molar-refractivity contribution in [1.29, 1.82) is 0 Å². The quantitative estimate of drug-likeness (QED) is 0.752. The van der Waals surface area contributed by atoms with Gasteiger partial charge in [-0.05, 0) is 58.0 Å². The Morgan fingerprint density at radius 2 is 1.90 bits per heavy atom. The zero-order chi connectivity index (χ0) is 15.2. The van der Waals surface area contributed by atoms with Crippen molar-refractivity contribution in [2.24, 2.45) is 0 Å².